The zero-order valence-corrected chi connectivity index (χ0v) is 23.6. The van der Waals surface area contributed by atoms with Gasteiger partial charge in [0.15, 0.2) is 17.3 Å². The second-order valence-electron chi connectivity index (χ2n) is 10.7. The van der Waals surface area contributed by atoms with Gasteiger partial charge in [0.05, 0.1) is 32.0 Å². The lowest BCUT2D eigenvalue weighted by molar-refractivity contribution is -0.295. The second kappa shape index (κ2) is 13.0. The van der Waals surface area contributed by atoms with E-state index in [0.717, 1.165) is 12.1 Å². The average molecular weight is 644 g/mol. The number of ether oxygens (including phenoxy) is 6. The van der Waals surface area contributed by atoms with Gasteiger partial charge in [0, 0.05) is 12.1 Å². The SMILES string of the molecule is COc1cc(C2[OH+]c3cc(O)cc(OC4OC(CO)C(O)C(O)C4O)c3C=C2OC2OC(CO)C(O)C(O)C2O)cc(O)c1O. The summed E-state index contributed by atoms with van der Waals surface area (Å²) in [4.78, 5) is 0. The highest BCUT2D eigenvalue weighted by Gasteiger charge is 2.48. The van der Waals surface area contributed by atoms with E-state index in [0.29, 0.717) is 0 Å². The first-order chi connectivity index (χ1) is 21.4. The molecule has 45 heavy (non-hydrogen) atoms. The Morgan fingerprint density at radius 3 is 1.84 bits per heavy atom. The van der Waals surface area contributed by atoms with Crippen LogP contribution in [0.5, 0.6) is 34.5 Å². The Morgan fingerprint density at radius 2 is 1.29 bits per heavy atom. The molecule has 0 amide bonds. The lowest BCUT2D eigenvalue weighted by atomic mass is 9.98. The van der Waals surface area contributed by atoms with Gasteiger partial charge in [-0.3, -0.25) is 0 Å². The molecular formula is C28H35O17+. The molecule has 2 saturated heterocycles. The number of fused-ring (bicyclic) bond motifs is 1. The summed E-state index contributed by atoms with van der Waals surface area (Å²) in [5, 5.41) is 112. The van der Waals surface area contributed by atoms with Crippen molar-refractivity contribution in [1.29, 1.82) is 0 Å². The Kier molecular flexibility index (Phi) is 9.47. The lowest BCUT2D eigenvalue weighted by Gasteiger charge is -2.40. The number of aliphatic hydroxyl groups excluding tert-OH is 8. The van der Waals surface area contributed by atoms with Gasteiger partial charge >= 0.3 is 0 Å². The van der Waals surface area contributed by atoms with Crippen molar-refractivity contribution >= 4 is 6.08 Å². The van der Waals surface area contributed by atoms with Gasteiger partial charge in [0.1, 0.15) is 65.9 Å². The number of hydrogen-bond acceptors (Lipinski definition) is 16. The Bertz CT molecular complexity index is 1400. The van der Waals surface area contributed by atoms with Crippen molar-refractivity contribution in [1.82, 2.24) is 0 Å². The van der Waals surface area contributed by atoms with Crippen LogP contribution < -0.4 is 9.47 Å². The van der Waals surface area contributed by atoms with Gasteiger partial charge in [-0.1, -0.05) is 0 Å². The van der Waals surface area contributed by atoms with Crippen LogP contribution in [0.1, 0.15) is 17.2 Å². The van der Waals surface area contributed by atoms with Crippen molar-refractivity contribution in [3.8, 4) is 34.5 Å². The van der Waals surface area contributed by atoms with Crippen LogP contribution in [0.2, 0.25) is 0 Å². The van der Waals surface area contributed by atoms with Gasteiger partial charge in [-0.15, -0.1) is 0 Å². The molecule has 2 aromatic rings. The van der Waals surface area contributed by atoms with Gasteiger partial charge in [-0.05, 0) is 12.1 Å². The van der Waals surface area contributed by atoms with E-state index in [1.54, 1.807) is 0 Å². The fourth-order valence-electron chi connectivity index (χ4n) is 5.22. The Morgan fingerprint density at radius 1 is 0.711 bits per heavy atom. The summed E-state index contributed by atoms with van der Waals surface area (Å²) < 4.78 is 32.4. The molecule has 11 unspecified atom stereocenters. The topological polar surface area (TPSA) is 281 Å². The molecule has 0 spiro atoms. The maximum absolute atomic E-state index is 10.6. The number of benzene rings is 2. The minimum Gasteiger partial charge on any atom is -0.571 e. The standard InChI is InChI=1S/C28H34O17/c1-40-15-3-9(2-12(32)19(15)33)26-16(43-28-25(39)23(37)21(35)18(8-30)45-28)6-11-13(41-26)4-10(31)5-14(11)42-27-24(38)22(36)20(34)17(7-29)44-27/h2-6,17-18,20-39H,7-8H2,1H3/p+1. The van der Waals surface area contributed by atoms with Crippen LogP contribution in [-0.2, 0) is 14.2 Å². The maximum atomic E-state index is 10.6. The van der Waals surface area contributed by atoms with Crippen LogP contribution in [0.15, 0.2) is 30.0 Å². The van der Waals surface area contributed by atoms with E-state index in [-0.39, 0.29) is 39.9 Å². The molecular weight excluding hydrogens is 608 g/mol. The van der Waals surface area contributed by atoms with Crippen molar-refractivity contribution in [2.45, 2.75) is 67.5 Å². The fourth-order valence-corrected chi connectivity index (χ4v) is 5.22. The Hall–Kier alpha value is -3.62. The van der Waals surface area contributed by atoms with E-state index < -0.39 is 92.2 Å². The highest BCUT2D eigenvalue weighted by molar-refractivity contribution is 5.70. The highest BCUT2D eigenvalue weighted by Crippen LogP contribution is 2.48. The number of methoxy groups -OCH3 is 1. The van der Waals surface area contributed by atoms with Crippen molar-refractivity contribution in [3.63, 3.8) is 0 Å². The Labute approximate surface area is 254 Å². The number of aliphatic hydroxyl groups is 9. The van der Waals surface area contributed by atoms with Gasteiger partial charge in [0.2, 0.25) is 18.3 Å². The van der Waals surface area contributed by atoms with Crippen molar-refractivity contribution in [2.24, 2.45) is 0 Å². The van der Waals surface area contributed by atoms with Crippen LogP contribution in [-0.4, -0.2) is 143 Å². The smallest absolute Gasteiger partial charge is 0.270 e. The molecule has 3 heterocycles. The largest absolute Gasteiger partial charge is 0.571 e. The quantitative estimate of drug-likeness (QED) is 0.102. The van der Waals surface area contributed by atoms with Gasteiger partial charge in [0.25, 0.3) is 11.9 Å². The van der Waals surface area contributed by atoms with Crippen LogP contribution >= 0.6 is 0 Å². The first kappa shape index (κ1) is 32.8. The molecule has 17 heteroatoms. The molecule has 3 aliphatic rings. The van der Waals surface area contributed by atoms with E-state index in [2.05, 4.69) is 4.74 Å². The molecule has 0 radical (unpaired) electrons. The van der Waals surface area contributed by atoms with Crippen LogP contribution in [0.4, 0.5) is 0 Å². The molecule has 2 fully saturated rings. The van der Waals surface area contributed by atoms with Gasteiger partial charge in [-0.2, -0.15) is 0 Å². The zero-order valence-electron chi connectivity index (χ0n) is 23.6. The lowest BCUT2D eigenvalue weighted by Crippen LogP contribution is -2.60. The Balaban J connectivity index is 1.57. The normalized spacial score (nSPS) is 34.7. The van der Waals surface area contributed by atoms with E-state index >= 15 is 0 Å². The third kappa shape index (κ3) is 6.15. The molecule has 0 saturated carbocycles. The van der Waals surface area contributed by atoms with E-state index in [1.807, 2.05) is 0 Å². The first-order valence-electron chi connectivity index (χ1n) is 13.7. The maximum Gasteiger partial charge on any atom is 0.270 e. The summed E-state index contributed by atoms with van der Waals surface area (Å²) in [7, 11) is 1.24. The molecule has 0 bridgehead atoms. The third-order valence-corrected chi connectivity index (χ3v) is 7.73. The number of hydrogen-bond donors (Lipinski definition) is 11. The summed E-state index contributed by atoms with van der Waals surface area (Å²) in [6, 6.07) is 4.83. The predicted octanol–water partition coefficient (Wildman–Crippen LogP) is -2.86. The monoisotopic (exact) mass is 643 g/mol. The molecule has 17 nitrogen and oxygen atoms in total. The van der Waals surface area contributed by atoms with Gasteiger partial charge < -0.3 is 84.6 Å². The third-order valence-electron chi connectivity index (χ3n) is 7.73. The van der Waals surface area contributed by atoms with Crippen molar-refractivity contribution in [3.05, 3.63) is 41.2 Å². The highest BCUT2D eigenvalue weighted by atomic mass is 16.7. The minimum atomic E-state index is -1.82. The molecule has 2 aromatic carbocycles. The zero-order chi connectivity index (χ0) is 32.7. The molecule has 11 atom stereocenters. The second-order valence-corrected chi connectivity index (χ2v) is 10.7. The van der Waals surface area contributed by atoms with E-state index in [1.165, 1.54) is 25.3 Å². The molecule has 0 aliphatic carbocycles. The van der Waals surface area contributed by atoms with E-state index in [9.17, 15) is 56.2 Å². The summed E-state index contributed by atoms with van der Waals surface area (Å²) in [6.07, 6.45) is -16.3. The minimum absolute atomic E-state index is 0.0623. The summed E-state index contributed by atoms with van der Waals surface area (Å²) >= 11 is 0. The molecule has 3 aliphatic heterocycles. The molecule has 5 rings (SSSR count). The number of rotatable bonds is 8. The number of aromatic hydroxyl groups is 4. The number of phenols is 3. The number of phenolic OH excluding ortho intramolecular Hbond substituents is 3. The van der Waals surface area contributed by atoms with Crippen molar-refractivity contribution in [2.75, 3.05) is 20.3 Å². The van der Waals surface area contributed by atoms with Crippen molar-refractivity contribution < 1.29 is 84.6 Å². The van der Waals surface area contributed by atoms with Gasteiger partial charge in [-0.25, -0.2) is 0 Å². The van der Waals surface area contributed by atoms with Crippen LogP contribution in [0.25, 0.3) is 6.08 Å². The fraction of sp³-hybridized carbons (Fsp3) is 0.500. The molecule has 12 N–H and O–H groups in total. The summed E-state index contributed by atoms with van der Waals surface area (Å²) in [5.41, 5.74) is 0.263. The summed E-state index contributed by atoms with van der Waals surface area (Å²) in [6.45, 7) is -1.46. The average Bonchev–Trinajstić information content (AvgIpc) is 3.02. The van der Waals surface area contributed by atoms with Crippen LogP contribution in [0.3, 0.4) is 0 Å². The molecule has 0 aromatic heterocycles. The van der Waals surface area contributed by atoms with Crippen LogP contribution in [0, 0.1) is 0 Å². The first-order valence-corrected chi connectivity index (χ1v) is 13.7. The molecule has 248 valence electrons. The summed E-state index contributed by atoms with van der Waals surface area (Å²) in [5.74, 6) is -1.91. The predicted molar refractivity (Wildman–Crippen MR) is 146 cm³/mol. The van der Waals surface area contributed by atoms with E-state index in [4.69, 9.17) is 23.7 Å².